The van der Waals surface area contributed by atoms with Gasteiger partial charge in [-0.3, -0.25) is 4.90 Å². The first-order valence-electron chi connectivity index (χ1n) is 11.5. The highest BCUT2D eigenvalue weighted by atomic mass is 19.3. The summed E-state index contributed by atoms with van der Waals surface area (Å²) >= 11 is 0. The second-order valence-electron chi connectivity index (χ2n) is 9.38. The summed E-state index contributed by atoms with van der Waals surface area (Å²) in [6, 6.07) is 7.19. The summed E-state index contributed by atoms with van der Waals surface area (Å²) in [6.07, 6.45) is 3.86. The van der Waals surface area contributed by atoms with Crippen molar-refractivity contribution in [3.63, 3.8) is 0 Å². The second-order valence-corrected chi connectivity index (χ2v) is 9.38. The molecule has 0 saturated carbocycles. The van der Waals surface area contributed by atoms with E-state index in [0.29, 0.717) is 18.9 Å². The largest absolute Gasteiger partial charge is 0.310 e. The molecule has 4 rings (SSSR count). The molecule has 3 saturated heterocycles. The summed E-state index contributed by atoms with van der Waals surface area (Å²) in [5.74, 6) is -2.80. The maximum Gasteiger partial charge on any atom is 0.249 e. The van der Waals surface area contributed by atoms with Crippen LogP contribution in [0, 0.1) is 17.7 Å². The summed E-state index contributed by atoms with van der Waals surface area (Å²) in [7, 11) is 0. The zero-order valence-corrected chi connectivity index (χ0v) is 17.9. The molecule has 0 aliphatic carbocycles. The number of hydrogen-bond acceptors (Lipinski definition) is 4. The third kappa shape index (κ3) is 5.36. The van der Waals surface area contributed by atoms with E-state index in [1.54, 1.807) is 12.1 Å². The van der Waals surface area contributed by atoms with Gasteiger partial charge in [0.05, 0.1) is 6.17 Å². The molecule has 30 heavy (non-hydrogen) atoms. The lowest BCUT2D eigenvalue weighted by atomic mass is 9.92. The van der Waals surface area contributed by atoms with E-state index >= 15 is 0 Å². The van der Waals surface area contributed by atoms with E-state index in [4.69, 9.17) is 0 Å². The number of piperidine rings is 1. The molecule has 1 aromatic carbocycles. The Morgan fingerprint density at radius 2 is 1.80 bits per heavy atom. The van der Waals surface area contributed by atoms with E-state index < -0.39 is 11.8 Å². The number of halogens is 3. The lowest BCUT2D eigenvalue weighted by Crippen LogP contribution is -2.53. The van der Waals surface area contributed by atoms with Gasteiger partial charge in [-0.25, -0.2) is 13.2 Å². The fraction of sp³-hybridized carbons (Fsp3) is 0.739. The van der Waals surface area contributed by atoms with Gasteiger partial charge in [0, 0.05) is 44.7 Å². The van der Waals surface area contributed by atoms with Gasteiger partial charge in [-0.15, -0.1) is 0 Å². The average Bonchev–Trinajstić information content (AvgIpc) is 3.05. The van der Waals surface area contributed by atoms with Crippen molar-refractivity contribution in [1.82, 2.24) is 20.4 Å². The average molecular weight is 425 g/mol. The molecule has 0 radical (unpaired) electrons. The van der Waals surface area contributed by atoms with E-state index in [9.17, 15) is 13.2 Å². The number of hydrogen-bond donors (Lipinski definition) is 2. The highest BCUT2D eigenvalue weighted by molar-refractivity contribution is 5.22. The van der Waals surface area contributed by atoms with Crippen LogP contribution in [0.15, 0.2) is 24.3 Å². The van der Waals surface area contributed by atoms with Gasteiger partial charge in [0.2, 0.25) is 5.92 Å². The van der Waals surface area contributed by atoms with Crippen molar-refractivity contribution < 1.29 is 13.2 Å². The van der Waals surface area contributed by atoms with Crippen LogP contribution in [0.5, 0.6) is 0 Å². The number of rotatable bonds is 5. The van der Waals surface area contributed by atoms with E-state index in [1.807, 2.05) is 12.1 Å². The molecule has 7 heteroatoms. The van der Waals surface area contributed by atoms with Gasteiger partial charge in [0.25, 0.3) is 0 Å². The maximum absolute atomic E-state index is 13.6. The Bertz CT molecular complexity index is 670. The Labute approximate surface area is 178 Å². The van der Waals surface area contributed by atoms with Crippen molar-refractivity contribution in [2.45, 2.75) is 50.7 Å². The molecule has 0 amide bonds. The maximum atomic E-state index is 13.6. The van der Waals surface area contributed by atoms with E-state index in [0.717, 1.165) is 65.5 Å². The molecule has 0 bridgehead atoms. The predicted molar refractivity (Wildman–Crippen MR) is 113 cm³/mol. The monoisotopic (exact) mass is 424 g/mol. The first-order valence-corrected chi connectivity index (χ1v) is 11.5. The van der Waals surface area contributed by atoms with Gasteiger partial charge >= 0.3 is 0 Å². The van der Waals surface area contributed by atoms with E-state index in [1.165, 1.54) is 5.56 Å². The van der Waals surface area contributed by atoms with Crippen LogP contribution >= 0.6 is 0 Å². The van der Waals surface area contributed by atoms with Gasteiger partial charge in [0.15, 0.2) is 0 Å². The number of benzene rings is 1. The van der Waals surface area contributed by atoms with Crippen LogP contribution in [0.4, 0.5) is 13.2 Å². The van der Waals surface area contributed by atoms with Crippen molar-refractivity contribution in [2.24, 2.45) is 11.8 Å². The van der Waals surface area contributed by atoms with Gasteiger partial charge in [-0.2, -0.15) is 0 Å². The standard InChI is InChI=1S/C23H35F3N4/c1-23(25,26)19-5-8-21(28-15-19)30-12-2-11-29(13-14-30)16-18-9-10-27-22(18)17-3-6-20(24)7-4-17/h3-4,6-7,18-19,21-22,27-28H,2,5,8-16H2,1H3. The topological polar surface area (TPSA) is 30.5 Å². The molecule has 3 aliphatic rings. The highest BCUT2D eigenvalue weighted by Gasteiger charge is 2.38. The van der Waals surface area contributed by atoms with Crippen LogP contribution in [-0.2, 0) is 0 Å². The molecule has 4 nitrogen and oxygen atoms in total. The summed E-state index contributed by atoms with van der Waals surface area (Å²) in [4.78, 5) is 5.01. The zero-order valence-electron chi connectivity index (χ0n) is 17.9. The molecule has 4 atom stereocenters. The van der Waals surface area contributed by atoms with Crippen molar-refractivity contribution in [1.29, 1.82) is 0 Å². The van der Waals surface area contributed by atoms with E-state index in [2.05, 4.69) is 20.4 Å². The first-order chi connectivity index (χ1) is 14.4. The predicted octanol–water partition coefficient (Wildman–Crippen LogP) is 3.46. The summed E-state index contributed by atoms with van der Waals surface area (Å²) in [5.41, 5.74) is 1.17. The van der Waals surface area contributed by atoms with Gasteiger partial charge in [-0.1, -0.05) is 12.1 Å². The van der Waals surface area contributed by atoms with Gasteiger partial charge in [0.1, 0.15) is 5.82 Å². The molecule has 3 aliphatic heterocycles. The highest BCUT2D eigenvalue weighted by Crippen LogP contribution is 2.32. The van der Waals surface area contributed by atoms with Crippen LogP contribution in [0.3, 0.4) is 0 Å². The summed E-state index contributed by atoms with van der Waals surface area (Å²) in [5, 5.41) is 6.97. The third-order valence-electron chi connectivity index (χ3n) is 7.24. The number of nitrogens with one attached hydrogen (secondary N) is 2. The Balaban J connectivity index is 1.28. The molecule has 3 heterocycles. The SMILES string of the molecule is CC(F)(F)C1CCC(N2CCCN(CC3CCNC3c3ccc(F)cc3)CC2)NC1. The fourth-order valence-electron chi connectivity index (χ4n) is 5.42. The normalized spacial score (nSPS) is 32.3. The van der Waals surface area contributed by atoms with Crippen molar-refractivity contribution in [3.05, 3.63) is 35.6 Å². The van der Waals surface area contributed by atoms with Crippen molar-refractivity contribution in [2.75, 3.05) is 45.8 Å². The molecule has 2 N–H and O–H groups in total. The Kier molecular flexibility index (Phi) is 7.02. The quantitative estimate of drug-likeness (QED) is 0.758. The molecule has 0 spiro atoms. The van der Waals surface area contributed by atoms with E-state index in [-0.39, 0.29) is 18.0 Å². The number of alkyl halides is 2. The molecular formula is C23H35F3N4. The summed E-state index contributed by atoms with van der Waals surface area (Å²) < 4.78 is 40.4. The Morgan fingerprint density at radius 1 is 1.00 bits per heavy atom. The molecular weight excluding hydrogens is 389 g/mol. The van der Waals surface area contributed by atoms with Crippen LogP contribution in [-0.4, -0.2) is 67.7 Å². The minimum atomic E-state index is -2.59. The first kappa shape index (κ1) is 22.1. The second kappa shape index (κ2) is 9.55. The van der Waals surface area contributed by atoms with Crippen LogP contribution < -0.4 is 10.6 Å². The Morgan fingerprint density at radius 3 is 2.50 bits per heavy atom. The van der Waals surface area contributed by atoms with Crippen molar-refractivity contribution >= 4 is 0 Å². The zero-order chi connectivity index (χ0) is 21.1. The van der Waals surface area contributed by atoms with Gasteiger partial charge in [-0.05, 0) is 69.3 Å². The minimum absolute atomic E-state index is 0.189. The lowest BCUT2D eigenvalue weighted by molar-refractivity contribution is -0.0586. The molecule has 1 aromatic rings. The molecule has 0 aromatic heterocycles. The lowest BCUT2D eigenvalue weighted by Gasteiger charge is -2.38. The van der Waals surface area contributed by atoms with Crippen LogP contribution in [0.1, 0.15) is 44.2 Å². The molecule has 4 unspecified atom stereocenters. The number of nitrogens with zero attached hydrogens (tertiary/aromatic N) is 2. The smallest absolute Gasteiger partial charge is 0.249 e. The molecule has 168 valence electrons. The molecule has 3 fully saturated rings. The van der Waals surface area contributed by atoms with Gasteiger partial charge < -0.3 is 15.5 Å². The van der Waals surface area contributed by atoms with Crippen molar-refractivity contribution in [3.8, 4) is 0 Å². The summed E-state index contributed by atoms with van der Waals surface area (Å²) in [6.45, 7) is 7.58. The third-order valence-corrected chi connectivity index (χ3v) is 7.24. The minimum Gasteiger partial charge on any atom is -0.310 e. The fourth-order valence-corrected chi connectivity index (χ4v) is 5.42. The van der Waals surface area contributed by atoms with Crippen LogP contribution in [0.2, 0.25) is 0 Å². The van der Waals surface area contributed by atoms with Crippen LogP contribution in [0.25, 0.3) is 0 Å². The Hall–Kier alpha value is -1.15.